The maximum absolute atomic E-state index is 5.66. The predicted octanol–water partition coefficient (Wildman–Crippen LogP) is 1.11. The van der Waals surface area contributed by atoms with Crippen molar-refractivity contribution in [2.45, 2.75) is 46.3 Å². The predicted molar refractivity (Wildman–Crippen MR) is 60.5 cm³/mol. The van der Waals surface area contributed by atoms with Crippen LogP contribution in [0.1, 0.15) is 34.6 Å². The van der Waals surface area contributed by atoms with Gasteiger partial charge in [-0.15, -0.1) is 0 Å². The molecule has 3 N–H and O–H groups in total. The summed E-state index contributed by atoms with van der Waals surface area (Å²) in [5.74, 6) is 0.479. The van der Waals surface area contributed by atoms with Gasteiger partial charge in [0.2, 0.25) is 0 Å². The fraction of sp³-hybridized carbons (Fsp3) is 0.900. The Labute approximate surface area is 86.9 Å². The molecule has 0 bridgehead atoms. The summed E-state index contributed by atoms with van der Waals surface area (Å²) in [6.45, 7) is 11.3. The second-order valence-corrected chi connectivity index (χ2v) is 4.19. The van der Waals surface area contributed by atoms with Gasteiger partial charge in [0.1, 0.15) is 0 Å². The maximum atomic E-state index is 5.66. The third-order valence-corrected chi connectivity index (χ3v) is 1.60. The molecule has 4 heteroatoms. The van der Waals surface area contributed by atoms with Crippen LogP contribution in [0.25, 0.3) is 0 Å². The molecule has 0 saturated carbocycles. The molecular formula is C10H23N3O. The first-order chi connectivity index (χ1) is 6.37. The van der Waals surface area contributed by atoms with Crippen molar-refractivity contribution in [3.05, 3.63) is 0 Å². The molecule has 84 valence electrons. The van der Waals surface area contributed by atoms with Gasteiger partial charge < -0.3 is 15.8 Å². The number of nitrogens with two attached hydrogens (primary N) is 1. The Morgan fingerprint density at radius 2 is 2.07 bits per heavy atom. The van der Waals surface area contributed by atoms with Gasteiger partial charge in [-0.25, -0.2) is 0 Å². The summed E-state index contributed by atoms with van der Waals surface area (Å²) in [5.41, 5.74) is 5.42. The summed E-state index contributed by atoms with van der Waals surface area (Å²) in [6.07, 6.45) is 0. The molecule has 14 heavy (non-hydrogen) atoms. The number of nitrogens with zero attached hydrogens (tertiary/aromatic N) is 1. The van der Waals surface area contributed by atoms with E-state index in [2.05, 4.69) is 10.3 Å². The smallest absolute Gasteiger partial charge is 0.188 e. The van der Waals surface area contributed by atoms with Crippen LogP contribution >= 0.6 is 0 Å². The zero-order valence-corrected chi connectivity index (χ0v) is 9.92. The number of aliphatic imine (C=N–C) groups is 1. The molecule has 4 nitrogen and oxygen atoms in total. The lowest BCUT2D eigenvalue weighted by molar-refractivity contribution is -0.00216. The van der Waals surface area contributed by atoms with Crippen molar-refractivity contribution in [3.63, 3.8) is 0 Å². The maximum Gasteiger partial charge on any atom is 0.188 e. The molecule has 0 heterocycles. The average molecular weight is 201 g/mol. The van der Waals surface area contributed by atoms with E-state index in [0.717, 1.165) is 0 Å². The molecule has 0 aliphatic heterocycles. The van der Waals surface area contributed by atoms with Crippen molar-refractivity contribution < 1.29 is 4.74 Å². The van der Waals surface area contributed by atoms with Gasteiger partial charge in [0.25, 0.3) is 0 Å². The van der Waals surface area contributed by atoms with E-state index in [-0.39, 0.29) is 5.60 Å². The number of ether oxygens (including phenoxy) is 1. The molecule has 0 aromatic heterocycles. The van der Waals surface area contributed by atoms with E-state index in [4.69, 9.17) is 10.5 Å². The highest BCUT2D eigenvalue weighted by Gasteiger charge is 2.16. The largest absolute Gasteiger partial charge is 0.374 e. The first-order valence-corrected chi connectivity index (χ1v) is 5.08. The molecular weight excluding hydrogens is 178 g/mol. The second kappa shape index (κ2) is 5.86. The lowest BCUT2D eigenvalue weighted by Gasteiger charge is -2.22. The topological polar surface area (TPSA) is 59.6 Å². The standard InChI is InChI=1S/C10H23N3O/c1-6-14-10(4,5)7-12-9(11)13-8(2)3/h8H,6-7H2,1-5H3,(H3,11,12,13). The summed E-state index contributed by atoms with van der Waals surface area (Å²) in [7, 11) is 0. The third kappa shape index (κ3) is 6.71. The quantitative estimate of drug-likeness (QED) is 0.517. The van der Waals surface area contributed by atoms with Crippen molar-refractivity contribution in [1.29, 1.82) is 0 Å². The van der Waals surface area contributed by atoms with Crippen LogP contribution in [0.2, 0.25) is 0 Å². The van der Waals surface area contributed by atoms with Crippen LogP contribution in [0.4, 0.5) is 0 Å². The number of guanidine groups is 1. The molecule has 0 radical (unpaired) electrons. The Kier molecular flexibility index (Phi) is 5.53. The fourth-order valence-corrected chi connectivity index (χ4v) is 1.05. The first kappa shape index (κ1) is 13.2. The van der Waals surface area contributed by atoms with Crippen LogP contribution in [-0.2, 0) is 4.74 Å². The minimum Gasteiger partial charge on any atom is -0.374 e. The number of rotatable bonds is 5. The SMILES string of the molecule is CCOC(C)(C)CN=C(N)NC(C)C. The van der Waals surface area contributed by atoms with Crippen molar-refractivity contribution in [1.82, 2.24) is 5.32 Å². The van der Waals surface area contributed by atoms with Crippen molar-refractivity contribution in [2.75, 3.05) is 13.2 Å². The molecule has 0 spiro atoms. The zero-order chi connectivity index (χ0) is 11.2. The zero-order valence-electron chi connectivity index (χ0n) is 9.92. The van der Waals surface area contributed by atoms with Crippen LogP contribution in [0.15, 0.2) is 4.99 Å². The molecule has 0 aliphatic carbocycles. The molecule has 0 amide bonds. The van der Waals surface area contributed by atoms with E-state index in [1.165, 1.54) is 0 Å². The minimum atomic E-state index is -0.238. The van der Waals surface area contributed by atoms with Crippen LogP contribution in [0.3, 0.4) is 0 Å². The van der Waals surface area contributed by atoms with Crippen LogP contribution in [0.5, 0.6) is 0 Å². The van der Waals surface area contributed by atoms with Gasteiger partial charge in [-0.3, -0.25) is 4.99 Å². The summed E-state index contributed by atoms with van der Waals surface area (Å²) in [6, 6.07) is 0.314. The van der Waals surface area contributed by atoms with Crippen LogP contribution in [0, 0.1) is 0 Å². The van der Waals surface area contributed by atoms with E-state index >= 15 is 0 Å². The van der Waals surface area contributed by atoms with E-state index in [1.54, 1.807) is 0 Å². The Morgan fingerprint density at radius 3 is 2.50 bits per heavy atom. The second-order valence-electron chi connectivity index (χ2n) is 4.19. The van der Waals surface area contributed by atoms with Gasteiger partial charge >= 0.3 is 0 Å². The Bertz CT molecular complexity index is 188. The van der Waals surface area contributed by atoms with Gasteiger partial charge in [0.15, 0.2) is 5.96 Å². The van der Waals surface area contributed by atoms with Gasteiger partial charge in [0.05, 0.1) is 12.1 Å². The van der Waals surface area contributed by atoms with E-state index < -0.39 is 0 Å². The highest BCUT2D eigenvalue weighted by Crippen LogP contribution is 2.08. The Balaban J connectivity index is 4.00. The van der Waals surface area contributed by atoms with Gasteiger partial charge in [0, 0.05) is 12.6 Å². The lowest BCUT2D eigenvalue weighted by Crippen LogP contribution is -2.38. The summed E-state index contributed by atoms with van der Waals surface area (Å²) < 4.78 is 5.49. The van der Waals surface area contributed by atoms with E-state index in [1.807, 2.05) is 34.6 Å². The lowest BCUT2D eigenvalue weighted by atomic mass is 10.1. The van der Waals surface area contributed by atoms with E-state index in [9.17, 15) is 0 Å². The summed E-state index contributed by atoms with van der Waals surface area (Å²) >= 11 is 0. The minimum absolute atomic E-state index is 0.238. The molecule has 0 atom stereocenters. The van der Waals surface area contributed by atoms with Gasteiger partial charge in [-0.05, 0) is 34.6 Å². The van der Waals surface area contributed by atoms with Crippen LogP contribution < -0.4 is 11.1 Å². The molecule has 0 unspecified atom stereocenters. The molecule has 0 fully saturated rings. The molecule has 0 aromatic carbocycles. The highest BCUT2D eigenvalue weighted by atomic mass is 16.5. The van der Waals surface area contributed by atoms with Gasteiger partial charge in [-0.1, -0.05) is 0 Å². The summed E-state index contributed by atoms with van der Waals surface area (Å²) in [5, 5.41) is 3.03. The Morgan fingerprint density at radius 1 is 1.50 bits per heavy atom. The van der Waals surface area contributed by atoms with Crippen molar-refractivity contribution >= 4 is 5.96 Å². The normalized spacial score (nSPS) is 13.4. The number of nitrogens with one attached hydrogen (secondary N) is 1. The summed E-state index contributed by atoms with van der Waals surface area (Å²) in [4.78, 5) is 4.21. The number of hydrogen-bond donors (Lipinski definition) is 2. The van der Waals surface area contributed by atoms with Crippen LogP contribution in [-0.4, -0.2) is 30.8 Å². The Hall–Kier alpha value is -0.770. The number of hydrogen-bond acceptors (Lipinski definition) is 2. The van der Waals surface area contributed by atoms with Crippen molar-refractivity contribution in [2.24, 2.45) is 10.7 Å². The molecule has 0 aromatic rings. The van der Waals surface area contributed by atoms with Crippen molar-refractivity contribution in [3.8, 4) is 0 Å². The third-order valence-electron chi connectivity index (χ3n) is 1.60. The molecule has 0 aliphatic rings. The van der Waals surface area contributed by atoms with E-state index in [0.29, 0.717) is 25.2 Å². The average Bonchev–Trinajstić information content (AvgIpc) is 2.00. The monoisotopic (exact) mass is 201 g/mol. The highest BCUT2D eigenvalue weighted by molar-refractivity contribution is 5.78. The first-order valence-electron chi connectivity index (χ1n) is 5.08. The van der Waals surface area contributed by atoms with Gasteiger partial charge in [-0.2, -0.15) is 0 Å². The molecule has 0 rings (SSSR count). The molecule has 0 saturated heterocycles. The fourth-order valence-electron chi connectivity index (χ4n) is 1.05.